The Labute approximate surface area is 136 Å². The lowest BCUT2D eigenvalue weighted by atomic mass is 10.2. The Morgan fingerprint density at radius 2 is 2.00 bits per heavy atom. The lowest BCUT2D eigenvalue weighted by Gasteiger charge is -2.17. The van der Waals surface area contributed by atoms with Crippen molar-refractivity contribution in [3.8, 4) is 0 Å². The Bertz CT molecular complexity index is 498. The number of para-hydroxylation sites is 1. The quantitative estimate of drug-likeness (QED) is 0.753. The van der Waals surface area contributed by atoms with Crippen molar-refractivity contribution in [3.63, 3.8) is 0 Å². The van der Waals surface area contributed by atoms with Crippen molar-refractivity contribution < 1.29 is 14.3 Å². The molecule has 2 amide bonds. The van der Waals surface area contributed by atoms with Gasteiger partial charge in [0, 0.05) is 12.2 Å². The third-order valence-electron chi connectivity index (χ3n) is 3.46. The summed E-state index contributed by atoms with van der Waals surface area (Å²) < 4.78 is 5.50. The molecule has 0 saturated carbocycles. The van der Waals surface area contributed by atoms with Gasteiger partial charge in [-0.1, -0.05) is 18.2 Å². The second-order valence-corrected chi connectivity index (χ2v) is 5.15. The number of benzene rings is 1. The van der Waals surface area contributed by atoms with E-state index in [4.69, 9.17) is 10.5 Å². The number of rotatable bonds is 5. The van der Waals surface area contributed by atoms with Gasteiger partial charge in [-0.25, -0.2) is 0 Å². The Hall–Kier alpha value is -1.63. The topological polar surface area (TPSA) is 93.5 Å². The summed E-state index contributed by atoms with van der Waals surface area (Å²) in [5.74, 6) is -0.524. The van der Waals surface area contributed by atoms with Crippen molar-refractivity contribution in [1.29, 1.82) is 0 Å². The molecule has 1 unspecified atom stereocenters. The van der Waals surface area contributed by atoms with Gasteiger partial charge in [0.2, 0.25) is 11.8 Å². The molecule has 6 nitrogen and oxygen atoms in total. The number of hydrogen-bond acceptors (Lipinski definition) is 4. The maximum Gasteiger partial charge on any atom is 0.249 e. The molecule has 3 atom stereocenters. The molecule has 1 heterocycles. The predicted octanol–water partition coefficient (Wildman–Crippen LogP) is 1.06. The van der Waals surface area contributed by atoms with Crippen LogP contribution in [0.4, 0.5) is 5.69 Å². The molecule has 122 valence electrons. The highest BCUT2D eigenvalue weighted by Crippen LogP contribution is 2.19. The van der Waals surface area contributed by atoms with Crippen LogP contribution in [0.15, 0.2) is 30.3 Å². The van der Waals surface area contributed by atoms with E-state index >= 15 is 0 Å². The molecular formula is C15H22ClN3O3. The van der Waals surface area contributed by atoms with Gasteiger partial charge in [-0.15, -0.1) is 12.4 Å². The fraction of sp³-hybridized carbons (Fsp3) is 0.467. The van der Waals surface area contributed by atoms with Crippen molar-refractivity contribution in [2.45, 2.75) is 38.0 Å². The highest BCUT2D eigenvalue weighted by Gasteiger charge is 2.31. The maximum atomic E-state index is 12.0. The van der Waals surface area contributed by atoms with Crippen molar-refractivity contribution in [2.75, 3.05) is 11.9 Å². The summed E-state index contributed by atoms with van der Waals surface area (Å²) in [7, 11) is 0. The van der Waals surface area contributed by atoms with Crippen LogP contribution in [0.3, 0.4) is 0 Å². The van der Waals surface area contributed by atoms with Crippen molar-refractivity contribution >= 4 is 29.9 Å². The van der Waals surface area contributed by atoms with Crippen LogP contribution in [0.5, 0.6) is 0 Å². The fourth-order valence-electron chi connectivity index (χ4n) is 2.22. The molecule has 1 fully saturated rings. The van der Waals surface area contributed by atoms with Gasteiger partial charge in [0.1, 0.15) is 12.1 Å². The minimum absolute atomic E-state index is 0. The molecule has 1 aromatic rings. The van der Waals surface area contributed by atoms with Crippen molar-refractivity contribution in [1.82, 2.24) is 5.32 Å². The molecule has 0 radical (unpaired) electrons. The number of hydrogen-bond donors (Lipinski definition) is 3. The summed E-state index contributed by atoms with van der Waals surface area (Å²) in [4.78, 5) is 24.0. The molecule has 2 rings (SSSR count). The molecule has 0 spiro atoms. The zero-order chi connectivity index (χ0) is 15.2. The Morgan fingerprint density at radius 3 is 2.59 bits per heavy atom. The van der Waals surface area contributed by atoms with Gasteiger partial charge in [0.05, 0.1) is 6.10 Å². The van der Waals surface area contributed by atoms with Gasteiger partial charge in [0.15, 0.2) is 0 Å². The number of nitrogens with one attached hydrogen (secondary N) is 2. The first-order valence-corrected chi connectivity index (χ1v) is 7.12. The van der Waals surface area contributed by atoms with Gasteiger partial charge in [0.25, 0.3) is 0 Å². The SMILES string of the molecule is CC(NC(=O)[C@@H]1CC[C@H](CN)O1)C(=O)Nc1ccccc1.Cl. The lowest BCUT2D eigenvalue weighted by Crippen LogP contribution is -2.46. The third kappa shape index (κ3) is 4.98. The van der Waals surface area contributed by atoms with E-state index in [0.29, 0.717) is 18.7 Å². The molecule has 4 N–H and O–H groups in total. The zero-order valence-electron chi connectivity index (χ0n) is 12.5. The lowest BCUT2D eigenvalue weighted by molar-refractivity contribution is -0.134. The molecular weight excluding hydrogens is 306 g/mol. The summed E-state index contributed by atoms with van der Waals surface area (Å²) in [6.07, 6.45) is 0.847. The number of ether oxygens (including phenoxy) is 1. The third-order valence-corrected chi connectivity index (χ3v) is 3.46. The first kappa shape index (κ1) is 18.4. The second-order valence-electron chi connectivity index (χ2n) is 5.15. The highest BCUT2D eigenvalue weighted by molar-refractivity contribution is 5.97. The number of halogens is 1. The molecule has 22 heavy (non-hydrogen) atoms. The van der Waals surface area contributed by atoms with Crippen LogP contribution in [-0.2, 0) is 14.3 Å². The van der Waals surface area contributed by atoms with E-state index < -0.39 is 12.1 Å². The largest absolute Gasteiger partial charge is 0.364 e. The van der Waals surface area contributed by atoms with E-state index in [1.165, 1.54) is 0 Å². The molecule has 0 bridgehead atoms. The normalized spacial score (nSPS) is 21.5. The molecule has 0 aliphatic carbocycles. The first-order chi connectivity index (χ1) is 10.1. The Kier molecular flexibility index (Phi) is 7.31. The van der Waals surface area contributed by atoms with E-state index in [9.17, 15) is 9.59 Å². The average Bonchev–Trinajstić information content (AvgIpc) is 2.97. The molecule has 7 heteroatoms. The molecule has 1 aliphatic heterocycles. The summed E-state index contributed by atoms with van der Waals surface area (Å²) in [5, 5.41) is 5.41. The Balaban J connectivity index is 0.00000242. The number of carbonyl (C=O) groups is 2. The Morgan fingerprint density at radius 1 is 1.32 bits per heavy atom. The minimum atomic E-state index is -0.627. The summed E-state index contributed by atoms with van der Waals surface area (Å²) in [6.45, 7) is 2.05. The monoisotopic (exact) mass is 327 g/mol. The van der Waals surface area contributed by atoms with Crippen molar-refractivity contribution in [3.05, 3.63) is 30.3 Å². The van der Waals surface area contributed by atoms with Crippen LogP contribution >= 0.6 is 12.4 Å². The van der Waals surface area contributed by atoms with Crippen LogP contribution < -0.4 is 16.4 Å². The van der Waals surface area contributed by atoms with Gasteiger partial charge < -0.3 is 21.1 Å². The van der Waals surface area contributed by atoms with E-state index in [1.54, 1.807) is 19.1 Å². The second kappa shape index (κ2) is 8.73. The molecule has 1 saturated heterocycles. The number of anilines is 1. The average molecular weight is 328 g/mol. The molecule has 0 aromatic heterocycles. The van der Waals surface area contributed by atoms with Crippen LogP contribution in [0.2, 0.25) is 0 Å². The molecule has 1 aliphatic rings. The van der Waals surface area contributed by atoms with Crippen LogP contribution in [0, 0.1) is 0 Å². The van der Waals surface area contributed by atoms with Gasteiger partial charge in [-0.05, 0) is 31.9 Å². The van der Waals surface area contributed by atoms with Gasteiger partial charge in [-0.3, -0.25) is 9.59 Å². The zero-order valence-corrected chi connectivity index (χ0v) is 13.3. The van der Waals surface area contributed by atoms with Crippen LogP contribution in [-0.4, -0.2) is 36.6 Å². The van der Waals surface area contributed by atoms with E-state index in [2.05, 4.69) is 10.6 Å². The van der Waals surface area contributed by atoms with E-state index in [1.807, 2.05) is 18.2 Å². The van der Waals surface area contributed by atoms with E-state index in [-0.39, 0.29) is 30.3 Å². The smallest absolute Gasteiger partial charge is 0.249 e. The van der Waals surface area contributed by atoms with Crippen LogP contribution in [0.25, 0.3) is 0 Å². The van der Waals surface area contributed by atoms with Crippen molar-refractivity contribution in [2.24, 2.45) is 5.73 Å². The summed E-state index contributed by atoms with van der Waals surface area (Å²) in [5.41, 5.74) is 6.21. The van der Waals surface area contributed by atoms with Crippen LogP contribution in [0.1, 0.15) is 19.8 Å². The first-order valence-electron chi connectivity index (χ1n) is 7.12. The number of carbonyl (C=O) groups excluding carboxylic acids is 2. The number of nitrogens with two attached hydrogens (primary N) is 1. The standard InChI is InChI=1S/C15H21N3O3.ClH/c1-10(14(19)18-11-5-3-2-4-6-11)17-15(20)13-8-7-12(9-16)21-13;/h2-6,10,12-13H,7-9,16H2,1H3,(H,17,20)(H,18,19);1H/t10?,12-,13+;/m1./s1. The van der Waals surface area contributed by atoms with Gasteiger partial charge >= 0.3 is 0 Å². The fourth-order valence-corrected chi connectivity index (χ4v) is 2.22. The summed E-state index contributed by atoms with van der Waals surface area (Å²) >= 11 is 0. The van der Waals surface area contributed by atoms with Gasteiger partial charge in [-0.2, -0.15) is 0 Å². The minimum Gasteiger partial charge on any atom is -0.364 e. The molecule has 1 aromatic carbocycles. The summed E-state index contributed by atoms with van der Waals surface area (Å²) in [6, 6.07) is 8.48. The maximum absolute atomic E-state index is 12.0. The van der Waals surface area contributed by atoms with E-state index in [0.717, 1.165) is 6.42 Å². The number of amides is 2. The highest BCUT2D eigenvalue weighted by atomic mass is 35.5. The predicted molar refractivity (Wildman–Crippen MR) is 86.9 cm³/mol.